The second-order valence-electron chi connectivity index (χ2n) is 6.13. The van der Waals surface area contributed by atoms with Crippen LogP contribution in [0, 0.1) is 11.3 Å². The molecule has 0 radical (unpaired) electrons. The summed E-state index contributed by atoms with van der Waals surface area (Å²) in [5, 5.41) is 12.9. The van der Waals surface area contributed by atoms with E-state index in [1.54, 1.807) is 0 Å². The molecule has 0 bridgehead atoms. The van der Waals surface area contributed by atoms with Crippen LogP contribution in [0.4, 0.5) is 5.82 Å². The topological polar surface area (TPSA) is 74.7 Å². The van der Waals surface area contributed by atoms with E-state index in [4.69, 9.17) is 10.7 Å². The van der Waals surface area contributed by atoms with Gasteiger partial charge < -0.3 is 11.1 Å². The van der Waals surface area contributed by atoms with Crippen LogP contribution >= 0.6 is 0 Å². The van der Waals surface area contributed by atoms with Gasteiger partial charge in [0, 0.05) is 12.2 Å². The number of hydrogen-bond acceptors (Lipinski definition) is 4. The number of nitrogens with two attached hydrogens (primary N) is 1. The third kappa shape index (κ3) is 2.38. The Labute approximate surface area is 120 Å². The molecule has 1 aromatic heterocycles. The van der Waals surface area contributed by atoms with E-state index in [0.717, 1.165) is 31.5 Å². The lowest BCUT2D eigenvalue weighted by Crippen LogP contribution is -2.43. The average molecular weight is 270 g/mol. The van der Waals surface area contributed by atoms with E-state index in [0.29, 0.717) is 12.1 Å². The van der Waals surface area contributed by atoms with Crippen molar-refractivity contribution in [3.05, 3.63) is 22.9 Å². The maximum Gasteiger partial charge on any atom is 0.144 e. The number of aromatic nitrogens is 1. The van der Waals surface area contributed by atoms with Crippen molar-refractivity contribution in [2.45, 2.75) is 56.9 Å². The lowest BCUT2D eigenvalue weighted by molar-refractivity contribution is 0.490. The molecule has 2 aliphatic carbocycles. The van der Waals surface area contributed by atoms with E-state index in [1.165, 1.54) is 36.9 Å². The minimum Gasteiger partial charge on any atom is -0.362 e. The second-order valence-corrected chi connectivity index (χ2v) is 6.13. The quantitative estimate of drug-likeness (QED) is 0.885. The van der Waals surface area contributed by atoms with Crippen molar-refractivity contribution < 1.29 is 0 Å². The lowest BCUT2D eigenvalue weighted by Gasteiger charge is -2.30. The van der Waals surface area contributed by atoms with Gasteiger partial charge in [-0.15, -0.1) is 0 Å². The molecule has 20 heavy (non-hydrogen) atoms. The predicted octanol–water partition coefficient (Wildman–Crippen LogP) is 2.52. The van der Waals surface area contributed by atoms with Gasteiger partial charge in [-0.05, 0) is 50.2 Å². The number of nitrogens with zero attached hydrogens (tertiary/aromatic N) is 2. The van der Waals surface area contributed by atoms with Crippen molar-refractivity contribution >= 4 is 5.82 Å². The zero-order chi connectivity index (χ0) is 14.0. The molecule has 0 unspecified atom stereocenters. The van der Waals surface area contributed by atoms with Crippen molar-refractivity contribution in [3.8, 4) is 6.07 Å². The summed E-state index contributed by atoms with van der Waals surface area (Å²) in [5.41, 5.74) is 9.02. The molecule has 0 amide bonds. The van der Waals surface area contributed by atoms with E-state index >= 15 is 0 Å². The van der Waals surface area contributed by atoms with Gasteiger partial charge in [0.1, 0.15) is 11.9 Å². The third-order valence-electron chi connectivity index (χ3n) is 4.76. The highest BCUT2D eigenvalue weighted by Crippen LogP contribution is 2.33. The standard InChI is InChI=1S/C16H22N4/c17-10-13-9-12-5-1-2-6-14(12)19-15(13)20-16(11-18)7-3-4-8-16/h9H,1-8,11,18H2,(H,19,20). The van der Waals surface area contributed by atoms with Crippen molar-refractivity contribution in [2.24, 2.45) is 5.73 Å². The van der Waals surface area contributed by atoms with Crippen LogP contribution in [0.25, 0.3) is 0 Å². The van der Waals surface area contributed by atoms with Crippen LogP contribution in [0.15, 0.2) is 6.07 Å². The van der Waals surface area contributed by atoms with E-state index < -0.39 is 0 Å². The van der Waals surface area contributed by atoms with Gasteiger partial charge in [-0.1, -0.05) is 12.8 Å². The predicted molar refractivity (Wildman–Crippen MR) is 79.5 cm³/mol. The molecule has 0 saturated heterocycles. The number of fused-ring (bicyclic) bond motifs is 1. The number of aryl methyl sites for hydroxylation is 2. The zero-order valence-electron chi connectivity index (χ0n) is 11.9. The number of pyridine rings is 1. The molecule has 1 fully saturated rings. The van der Waals surface area contributed by atoms with Crippen molar-refractivity contribution in [3.63, 3.8) is 0 Å². The molecule has 0 aromatic carbocycles. The first-order chi connectivity index (χ1) is 9.76. The number of rotatable bonds is 3. The first kappa shape index (κ1) is 13.4. The van der Waals surface area contributed by atoms with Gasteiger partial charge in [-0.25, -0.2) is 4.98 Å². The smallest absolute Gasteiger partial charge is 0.144 e. The molecule has 3 rings (SSSR count). The van der Waals surface area contributed by atoms with Crippen molar-refractivity contribution in [2.75, 3.05) is 11.9 Å². The van der Waals surface area contributed by atoms with Crippen molar-refractivity contribution in [1.29, 1.82) is 5.26 Å². The van der Waals surface area contributed by atoms with E-state index in [2.05, 4.69) is 11.4 Å². The first-order valence-electron chi connectivity index (χ1n) is 7.67. The molecule has 1 heterocycles. The third-order valence-corrected chi connectivity index (χ3v) is 4.76. The summed E-state index contributed by atoms with van der Waals surface area (Å²) in [6.45, 7) is 0.608. The highest BCUT2D eigenvalue weighted by Gasteiger charge is 2.33. The molecule has 0 aliphatic heterocycles. The molecule has 4 nitrogen and oxygen atoms in total. The molecular weight excluding hydrogens is 248 g/mol. The summed E-state index contributed by atoms with van der Waals surface area (Å²) in [6.07, 6.45) is 9.06. The SMILES string of the molecule is N#Cc1cc2c(nc1NC1(CN)CCCC1)CCCC2. The van der Waals surface area contributed by atoms with Crippen LogP contribution in [0.2, 0.25) is 0 Å². The fourth-order valence-electron chi connectivity index (χ4n) is 3.50. The van der Waals surface area contributed by atoms with Crippen molar-refractivity contribution in [1.82, 2.24) is 4.98 Å². The fourth-order valence-corrected chi connectivity index (χ4v) is 3.50. The van der Waals surface area contributed by atoms with Crippen LogP contribution in [-0.4, -0.2) is 17.1 Å². The van der Waals surface area contributed by atoms with Gasteiger partial charge in [0.25, 0.3) is 0 Å². The van der Waals surface area contributed by atoms with E-state index in [9.17, 15) is 5.26 Å². The Morgan fingerprint density at radius 3 is 2.70 bits per heavy atom. The summed E-state index contributed by atoms with van der Waals surface area (Å²) in [5.74, 6) is 0.750. The monoisotopic (exact) mass is 270 g/mol. The highest BCUT2D eigenvalue weighted by molar-refractivity contribution is 5.56. The molecule has 3 N–H and O–H groups in total. The van der Waals surface area contributed by atoms with Crippen LogP contribution < -0.4 is 11.1 Å². The summed E-state index contributed by atoms with van der Waals surface area (Å²) < 4.78 is 0. The Bertz CT molecular complexity index is 538. The molecule has 2 aliphatic rings. The molecule has 1 aromatic rings. The molecule has 0 spiro atoms. The number of anilines is 1. The Kier molecular flexibility index (Phi) is 3.62. The Balaban J connectivity index is 1.94. The maximum absolute atomic E-state index is 9.39. The van der Waals surface area contributed by atoms with Gasteiger partial charge in [0.15, 0.2) is 0 Å². The van der Waals surface area contributed by atoms with E-state index in [-0.39, 0.29) is 5.54 Å². The summed E-state index contributed by atoms with van der Waals surface area (Å²) in [6, 6.07) is 4.33. The Morgan fingerprint density at radius 2 is 2.00 bits per heavy atom. The summed E-state index contributed by atoms with van der Waals surface area (Å²) in [4.78, 5) is 4.75. The van der Waals surface area contributed by atoms with Gasteiger partial charge in [0.2, 0.25) is 0 Å². The van der Waals surface area contributed by atoms with Crippen LogP contribution in [0.1, 0.15) is 55.3 Å². The molecule has 4 heteroatoms. The lowest BCUT2D eigenvalue weighted by atomic mass is 9.94. The molecule has 106 valence electrons. The fraction of sp³-hybridized carbons (Fsp3) is 0.625. The maximum atomic E-state index is 9.39. The minimum absolute atomic E-state index is 0.0541. The van der Waals surface area contributed by atoms with Crippen LogP contribution in [0.5, 0.6) is 0 Å². The summed E-state index contributed by atoms with van der Waals surface area (Å²) in [7, 11) is 0. The Hall–Kier alpha value is -1.60. The Morgan fingerprint density at radius 1 is 1.25 bits per heavy atom. The zero-order valence-corrected chi connectivity index (χ0v) is 11.9. The van der Waals surface area contributed by atoms with Gasteiger partial charge in [0.05, 0.1) is 11.1 Å². The first-order valence-corrected chi connectivity index (χ1v) is 7.67. The average Bonchev–Trinajstić information content (AvgIpc) is 2.95. The van der Waals surface area contributed by atoms with Crippen LogP contribution in [0.3, 0.4) is 0 Å². The minimum atomic E-state index is -0.0541. The molecule has 0 atom stereocenters. The molecule has 1 saturated carbocycles. The van der Waals surface area contributed by atoms with Gasteiger partial charge in [-0.2, -0.15) is 5.26 Å². The van der Waals surface area contributed by atoms with E-state index in [1.807, 2.05) is 6.07 Å². The highest BCUT2D eigenvalue weighted by atomic mass is 15.1. The number of nitriles is 1. The van der Waals surface area contributed by atoms with Crippen LogP contribution in [-0.2, 0) is 12.8 Å². The second kappa shape index (κ2) is 5.41. The normalized spacial score (nSPS) is 20.2. The molecular formula is C16H22N4. The number of nitrogens with one attached hydrogen (secondary N) is 1. The largest absolute Gasteiger partial charge is 0.362 e. The summed E-state index contributed by atoms with van der Waals surface area (Å²) >= 11 is 0. The van der Waals surface area contributed by atoms with Gasteiger partial charge >= 0.3 is 0 Å². The van der Waals surface area contributed by atoms with Gasteiger partial charge in [-0.3, -0.25) is 0 Å². The number of hydrogen-bond donors (Lipinski definition) is 2.